The van der Waals surface area contributed by atoms with Crippen LogP contribution in [0.1, 0.15) is 30.0 Å². The van der Waals surface area contributed by atoms with E-state index in [0.29, 0.717) is 41.6 Å². The number of carbonyl (C=O) groups excluding carboxylic acids is 1. The second-order valence-electron chi connectivity index (χ2n) is 5.45. The third kappa shape index (κ3) is 3.28. The van der Waals surface area contributed by atoms with Crippen LogP contribution in [-0.4, -0.2) is 29.0 Å². The lowest BCUT2D eigenvalue weighted by atomic mass is 10.2. The number of hydrogen-bond acceptors (Lipinski definition) is 4. The van der Waals surface area contributed by atoms with Gasteiger partial charge in [-0.25, -0.2) is 4.98 Å². The number of carbonyl (C=O) groups is 1. The van der Waals surface area contributed by atoms with Crippen molar-refractivity contribution in [2.45, 2.75) is 20.3 Å². The Morgan fingerprint density at radius 3 is 2.80 bits per heavy atom. The molecule has 0 saturated heterocycles. The minimum Gasteiger partial charge on any atom is -0.497 e. The van der Waals surface area contributed by atoms with Gasteiger partial charge in [-0.15, -0.1) is 0 Å². The first-order valence-electron chi connectivity index (χ1n) is 8.26. The lowest BCUT2D eigenvalue weighted by Crippen LogP contribution is -2.16. The van der Waals surface area contributed by atoms with E-state index in [4.69, 9.17) is 9.47 Å². The Morgan fingerprint density at radius 1 is 1.24 bits per heavy atom. The average molecular weight is 339 g/mol. The number of pyridine rings is 1. The van der Waals surface area contributed by atoms with Crippen LogP contribution >= 0.6 is 0 Å². The van der Waals surface area contributed by atoms with Crippen molar-refractivity contribution in [2.75, 3.05) is 19.0 Å². The number of methoxy groups -OCH3 is 1. The van der Waals surface area contributed by atoms with Crippen molar-refractivity contribution in [2.24, 2.45) is 0 Å². The third-order valence-corrected chi connectivity index (χ3v) is 3.86. The van der Waals surface area contributed by atoms with Crippen LogP contribution in [0.25, 0.3) is 5.65 Å². The van der Waals surface area contributed by atoms with E-state index in [-0.39, 0.29) is 5.91 Å². The molecule has 3 rings (SSSR count). The summed E-state index contributed by atoms with van der Waals surface area (Å²) in [5, 5.41) is 2.92. The zero-order valence-electron chi connectivity index (χ0n) is 14.6. The van der Waals surface area contributed by atoms with E-state index < -0.39 is 0 Å². The largest absolute Gasteiger partial charge is 0.497 e. The molecule has 0 spiro atoms. The van der Waals surface area contributed by atoms with E-state index in [2.05, 4.69) is 10.3 Å². The Balaban J connectivity index is 2.01. The number of benzene rings is 1. The van der Waals surface area contributed by atoms with Crippen molar-refractivity contribution in [1.82, 2.24) is 9.38 Å². The molecule has 0 bridgehead atoms. The normalized spacial score (nSPS) is 10.7. The van der Waals surface area contributed by atoms with Crippen LogP contribution in [-0.2, 0) is 6.42 Å². The van der Waals surface area contributed by atoms with E-state index in [1.165, 1.54) is 0 Å². The number of amides is 1. The zero-order chi connectivity index (χ0) is 17.8. The summed E-state index contributed by atoms with van der Waals surface area (Å²) in [7, 11) is 1.59. The molecule has 0 fully saturated rings. The molecule has 2 aromatic heterocycles. The maximum absolute atomic E-state index is 12.9. The molecule has 1 N–H and O–H groups in total. The molecule has 130 valence electrons. The lowest BCUT2D eigenvalue weighted by molar-refractivity contribution is 0.102. The summed E-state index contributed by atoms with van der Waals surface area (Å²) in [6, 6.07) is 11.0. The molecule has 0 saturated carbocycles. The van der Waals surface area contributed by atoms with E-state index in [0.717, 1.165) is 5.69 Å². The van der Waals surface area contributed by atoms with Crippen LogP contribution in [0.15, 0.2) is 42.6 Å². The Labute approximate surface area is 146 Å². The smallest absolute Gasteiger partial charge is 0.274 e. The molecule has 0 aliphatic heterocycles. The minimum atomic E-state index is -0.216. The molecule has 6 heteroatoms. The summed E-state index contributed by atoms with van der Waals surface area (Å²) >= 11 is 0. The van der Waals surface area contributed by atoms with Crippen molar-refractivity contribution in [3.63, 3.8) is 0 Å². The number of imidazole rings is 1. The highest BCUT2D eigenvalue weighted by atomic mass is 16.5. The number of anilines is 1. The first-order valence-corrected chi connectivity index (χ1v) is 8.26. The second-order valence-corrected chi connectivity index (χ2v) is 5.45. The maximum Gasteiger partial charge on any atom is 0.274 e. The summed E-state index contributed by atoms with van der Waals surface area (Å²) < 4.78 is 12.6. The lowest BCUT2D eigenvalue weighted by Gasteiger charge is -2.09. The van der Waals surface area contributed by atoms with Crippen LogP contribution in [0, 0.1) is 0 Å². The Kier molecular flexibility index (Phi) is 4.88. The Bertz CT molecular complexity index is 902. The van der Waals surface area contributed by atoms with Gasteiger partial charge in [0.25, 0.3) is 5.91 Å². The minimum absolute atomic E-state index is 0.216. The summed E-state index contributed by atoms with van der Waals surface area (Å²) in [5.41, 5.74) is 2.56. The van der Waals surface area contributed by atoms with Crippen molar-refractivity contribution >= 4 is 17.2 Å². The first kappa shape index (κ1) is 16.8. The fraction of sp³-hybridized carbons (Fsp3) is 0.263. The molecule has 6 nitrogen and oxygen atoms in total. The van der Waals surface area contributed by atoms with Gasteiger partial charge < -0.3 is 14.8 Å². The number of nitrogens with zero attached hydrogens (tertiary/aromatic N) is 2. The van der Waals surface area contributed by atoms with E-state index in [1.54, 1.807) is 17.6 Å². The maximum atomic E-state index is 12.9. The Hall–Kier alpha value is -3.02. The fourth-order valence-corrected chi connectivity index (χ4v) is 2.74. The average Bonchev–Trinajstić information content (AvgIpc) is 3.02. The SMILES string of the molecule is CCOc1cccn2c(C(=O)Nc3cccc(OC)c3)c(CC)nc12. The molecule has 25 heavy (non-hydrogen) atoms. The van der Waals surface area contributed by atoms with Gasteiger partial charge in [-0.05, 0) is 37.6 Å². The highest BCUT2D eigenvalue weighted by molar-refractivity contribution is 6.04. The summed E-state index contributed by atoms with van der Waals surface area (Å²) in [6.07, 6.45) is 2.47. The predicted molar refractivity (Wildman–Crippen MR) is 96.7 cm³/mol. The molecule has 1 amide bonds. The van der Waals surface area contributed by atoms with Gasteiger partial charge in [0.2, 0.25) is 0 Å². The van der Waals surface area contributed by atoms with Gasteiger partial charge in [-0.2, -0.15) is 0 Å². The molecular formula is C19H21N3O3. The molecule has 2 heterocycles. The third-order valence-electron chi connectivity index (χ3n) is 3.86. The predicted octanol–water partition coefficient (Wildman–Crippen LogP) is 3.56. The van der Waals surface area contributed by atoms with Crippen LogP contribution in [0.2, 0.25) is 0 Å². The van der Waals surface area contributed by atoms with E-state index in [9.17, 15) is 4.79 Å². The molecule has 0 aliphatic rings. The Morgan fingerprint density at radius 2 is 2.08 bits per heavy atom. The van der Waals surface area contributed by atoms with Crippen molar-refractivity contribution in [3.8, 4) is 11.5 Å². The van der Waals surface area contributed by atoms with Gasteiger partial charge in [0.1, 0.15) is 11.4 Å². The number of aryl methyl sites for hydroxylation is 1. The van der Waals surface area contributed by atoms with E-state index >= 15 is 0 Å². The fourth-order valence-electron chi connectivity index (χ4n) is 2.74. The second kappa shape index (κ2) is 7.25. The highest BCUT2D eigenvalue weighted by Crippen LogP contribution is 2.24. The molecule has 1 aromatic carbocycles. The van der Waals surface area contributed by atoms with Gasteiger partial charge in [-0.1, -0.05) is 13.0 Å². The molecule has 3 aromatic rings. The van der Waals surface area contributed by atoms with Gasteiger partial charge in [-0.3, -0.25) is 9.20 Å². The molecule has 0 aliphatic carbocycles. The zero-order valence-corrected chi connectivity index (χ0v) is 14.6. The number of ether oxygens (including phenoxy) is 2. The van der Waals surface area contributed by atoms with Gasteiger partial charge >= 0.3 is 0 Å². The quantitative estimate of drug-likeness (QED) is 0.746. The van der Waals surface area contributed by atoms with E-state index in [1.807, 2.05) is 50.4 Å². The first-order chi connectivity index (χ1) is 12.2. The number of aromatic nitrogens is 2. The van der Waals surface area contributed by atoms with Crippen molar-refractivity contribution in [3.05, 3.63) is 54.0 Å². The number of fused-ring (bicyclic) bond motifs is 1. The standard InChI is InChI=1S/C19H21N3O3/c1-4-15-17(19(23)20-13-8-6-9-14(12-13)24-3)22-11-7-10-16(25-5-2)18(22)21-15/h6-12H,4-5H2,1-3H3,(H,20,23). The van der Waals surface area contributed by atoms with Gasteiger partial charge in [0.15, 0.2) is 11.4 Å². The highest BCUT2D eigenvalue weighted by Gasteiger charge is 2.20. The van der Waals surface area contributed by atoms with Crippen LogP contribution in [0.5, 0.6) is 11.5 Å². The van der Waals surface area contributed by atoms with Crippen LogP contribution < -0.4 is 14.8 Å². The van der Waals surface area contributed by atoms with Crippen molar-refractivity contribution in [1.29, 1.82) is 0 Å². The number of rotatable bonds is 6. The number of nitrogens with one attached hydrogen (secondary N) is 1. The molecular weight excluding hydrogens is 318 g/mol. The molecule has 0 atom stereocenters. The van der Waals surface area contributed by atoms with Crippen LogP contribution in [0.3, 0.4) is 0 Å². The number of hydrogen-bond donors (Lipinski definition) is 1. The monoisotopic (exact) mass is 339 g/mol. The summed E-state index contributed by atoms with van der Waals surface area (Å²) in [5.74, 6) is 1.14. The molecule has 0 unspecified atom stereocenters. The van der Waals surface area contributed by atoms with Gasteiger partial charge in [0, 0.05) is 18.0 Å². The topological polar surface area (TPSA) is 64.9 Å². The summed E-state index contributed by atoms with van der Waals surface area (Å²) in [4.78, 5) is 17.5. The van der Waals surface area contributed by atoms with Gasteiger partial charge in [0.05, 0.1) is 19.4 Å². The van der Waals surface area contributed by atoms with Crippen LogP contribution in [0.4, 0.5) is 5.69 Å². The summed E-state index contributed by atoms with van der Waals surface area (Å²) in [6.45, 7) is 4.44. The van der Waals surface area contributed by atoms with Crippen molar-refractivity contribution < 1.29 is 14.3 Å². The molecule has 0 radical (unpaired) electrons.